The van der Waals surface area contributed by atoms with E-state index < -0.39 is 0 Å². The molecule has 2 aromatic rings. The third kappa shape index (κ3) is 5.34. The quantitative estimate of drug-likeness (QED) is 0.850. The van der Waals surface area contributed by atoms with E-state index in [2.05, 4.69) is 30.7 Å². The molecule has 0 saturated heterocycles. The van der Waals surface area contributed by atoms with Crippen molar-refractivity contribution < 1.29 is 0 Å². The van der Waals surface area contributed by atoms with E-state index in [-0.39, 0.29) is 0 Å². The highest BCUT2D eigenvalue weighted by Crippen LogP contribution is 2.24. The van der Waals surface area contributed by atoms with Crippen molar-refractivity contribution in [3.05, 3.63) is 34.4 Å². The molecule has 2 N–H and O–H groups in total. The van der Waals surface area contributed by atoms with Gasteiger partial charge in [0.05, 0.1) is 6.20 Å². The van der Waals surface area contributed by atoms with Gasteiger partial charge in [-0.25, -0.2) is 0 Å². The van der Waals surface area contributed by atoms with Crippen molar-refractivity contribution >= 4 is 40.7 Å². The van der Waals surface area contributed by atoms with Crippen LogP contribution in [0.5, 0.6) is 0 Å². The number of aromatic nitrogens is 3. The van der Waals surface area contributed by atoms with Gasteiger partial charge < -0.3 is 15.5 Å². The number of halogens is 2. The molecule has 0 aliphatic carbocycles. The average Bonchev–Trinajstić information content (AvgIpc) is 2.37. The number of nitrogens with zero attached hydrogens (tertiary/aromatic N) is 4. The van der Waals surface area contributed by atoms with E-state index >= 15 is 0 Å². The van der Waals surface area contributed by atoms with Crippen LogP contribution in [-0.4, -0.2) is 47.3 Å². The van der Waals surface area contributed by atoms with Crippen LogP contribution < -0.4 is 10.6 Å². The van der Waals surface area contributed by atoms with Crippen molar-refractivity contribution in [2.75, 3.05) is 37.8 Å². The van der Waals surface area contributed by atoms with Crippen molar-refractivity contribution in [3.8, 4) is 0 Å². The minimum atomic E-state index is 0.468. The number of nitrogens with one attached hydrogen (secondary N) is 2. The SMILES string of the molecule is CN(C)CCNc1nncc(Nc2cc(Cl)cc(Cl)c2)n1. The Hall–Kier alpha value is -1.63. The molecule has 21 heavy (non-hydrogen) atoms. The molecule has 0 atom stereocenters. The maximum Gasteiger partial charge on any atom is 0.244 e. The maximum atomic E-state index is 5.96. The Morgan fingerprint density at radius 3 is 2.52 bits per heavy atom. The van der Waals surface area contributed by atoms with Gasteiger partial charge in [0.2, 0.25) is 5.95 Å². The molecule has 1 aromatic carbocycles. The molecule has 0 fully saturated rings. The van der Waals surface area contributed by atoms with Crippen LogP contribution in [-0.2, 0) is 0 Å². The fourth-order valence-corrected chi connectivity index (χ4v) is 2.13. The van der Waals surface area contributed by atoms with Gasteiger partial charge in [0.1, 0.15) is 0 Å². The average molecular weight is 327 g/mol. The monoisotopic (exact) mass is 326 g/mol. The van der Waals surface area contributed by atoms with Gasteiger partial charge in [0, 0.05) is 28.8 Å². The molecule has 0 radical (unpaired) electrons. The van der Waals surface area contributed by atoms with Gasteiger partial charge in [-0.15, -0.1) is 5.10 Å². The normalized spacial score (nSPS) is 10.7. The Morgan fingerprint density at radius 2 is 1.86 bits per heavy atom. The largest absolute Gasteiger partial charge is 0.352 e. The molecule has 0 aliphatic heterocycles. The first-order valence-corrected chi connectivity index (χ1v) is 7.10. The second-order valence-corrected chi connectivity index (χ2v) is 5.55. The van der Waals surface area contributed by atoms with Crippen molar-refractivity contribution in [3.63, 3.8) is 0 Å². The number of hydrogen-bond donors (Lipinski definition) is 2. The molecule has 0 saturated carbocycles. The Balaban J connectivity index is 2.03. The van der Waals surface area contributed by atoms with Crippen molar-refractivity contribution in [2.24, 2.45) is 0 Å². The third-order valence-corrected chi connectivity index (χ3v) is 2.97. The van der Waals surface area contributed by atoms with Crippen LogP contribution in [0, 0.1) is 0 Å². The smallest absolute Gasteiger partial charge is 0.244 e. The third-order valence-electron chi connectivity index (χ3n) is 2.54. The van der Waals surface area contributed by atoms with Crippen LogP contribution in [0.3, 0.4) is 0 Å². The topological polar surface area (TPSA) is 66.0 Å². The van der Waals surface area contributed by atoms with Crippen LogP contribution in [0.25, 0.3) is 0 Å². The van der Waals surface area contributed by atoms with Crippen LogP contribution >= 0.6 is 23.2 Å². The van der Waals surface area contributed by atoms with E-state index in [0.717, 1.165) is 18.8 Å². The van der Waals surface area contributed by atoms with Gasteiger partial charge in [-0.1, -0.05) is 23.2 Å². The summed E-state index contributed by atoms with van der Waals surface area (Å²) in [5.74, 6) is 1.03. The zero-order valence-electron chi connectivity index (χ0n) is 11.8. The summed E-state index contributed by atoms with van der Waals surface area (Å²) in [4.78, 5) is 6.39. The highest BCUT2D eigenvalue weighted by molar-refractivity contribution is 6.35. The number of likely N-dealkylation sites (N-methyl/N-ethyl adjacent to an activating group) is 1. The van der Waals surface area contributed by atoms with Gasteiger partial charge in [0.25, 0.3) is 0 Å². The lowest BCUT2D eigenvalue weighted by Crippen LogP contribution is -2.21. The first-order chi connectivity index (χ1) is 10.0. The van der Waals surface area contributed by atoms with E-state index in [1.165, 1.54) is 6.20 Å². The summed E-state index contributed by atoms with van der Waals surface area (Å²) in [6, 6.07) is 5.18. The number of anilines is 3. The second-order valence-electron chi connectivity index (χ2n) is 4.68. The lowest BCUT2D eigenvalue weighted by Gasteiger charge is -2.11. The molecule has 0 spiro atoms. The molecule has 1 aromatic heterocycles. The lowest BCUT2D eigenvalue weighted by atomic mass is 10.3. The van der Waals surface area contributed by atoms with Crippen LogP contribution in [0.15, 0.2) is 24.4 Å². The molecule has 2 rings (SSSR count). The van der Waals surface area contributed by atoms with Gasteiger partial charge in [0.15, 0.2) is 5.82 Å². The van der Waals surface area contributed by atoms with Crippen LogP contribution in [0.4, 0.5) is 17.5 Å². The highest BCUT2D eigenvalue weighted by atomic mass is 35.5. The van der Waals surface area contributed by atoms with Gasteiger partial charge in [-0.2, -0.15) is 10.1 Å². The van der Waals surface area contributed by atoms with E-state index in [1.54, 1.807) is 18.2 Å². The molecule has 112 valence electrons. The van der Waals surface area contributed by atoms with Crippen molar-refractivity contribution in [2.45, 2.75) is 0 Å². The van der Waals surface area contributed by atoms with Crippen molar-refractivity contribution in [1.82, 2.24) is 20.1 Å². The number of benzene rings is 1. The molecule has 8 heteroatoms. The van der Waals surface area contributed by atoms with E-state index in [9.17, 15) is 0 Å². The predicted molar refractivity (Wildman–Crippen MR) is 86.6 cm³/mol. The molecule has 0 bridgehead atoms. The predicted octanol–water partition coefficient (Wildman–Crippen LogP) is 2.90. The molecule has 1 heterocycles. The van der Waals surface area contributed by atoms with E-state index in [1.807, 2.05) is 14.1 Å². The summed E-state index contributed by atoms with van der Waals surface area (Å²) in [5, 5.41) is 15.1. The van der Waals surface area contributed by atoms with Crippen LogP contribution in [0.1, 0.15) is 0 Å². The highest BCUT2D eigenvalue weighted by Gasteiger charge is 2.03. The van der Waals surface area contributed by atoms with E-state index in [0.29, 0.717) is 21.8 Å². The summed E-state index contributed by atoms with van der Waals surface area (Å²) < 4.78 is 0. The summed E-state index contributed by atoms with van der Waals surface area (Å²) in [6.07, 6.45) is 1.53. The fraction of sp³-hybridized carbons (Fsp3) is 0.308. The van der Waals surface area contributed by atoms with Gasteiger partial charge in [-0.3, -0.25) is 0 Å². The molecular formula is C13H16Cl2N6. The Bertz CT molecular complexity index is 585. The molecule has 0 unspecified atom stereocenters. The Labute approximate surface area is 133 Å². The maximum absolute atomic E-state index is 5.96. The molecule has 6 nitrogen and oxygen atoms in total. The van der Waals surface area contributed by atoms with Gasteiger partial charge >= 0.3 is 0 Å². The summed E-state index contributed by atoms with van der Waals surface area (Å²) >= 11 is 11.9. The number of hydrogen-bond acceptors (Lipinski definition) is 6. The standard InChI is InChI=1S/C13H16Cl2N6/c1-21(2)4-3-16-13-19-12(8-17-20-13)18-11-6-9(14)5-10(15)7-11/h5-8H,3-4H2,1-2H3,(H2,16,18,19,20). The van der Waals surface area contributed by atoms with Crippen molar-refractivity contribution in [1.29, 1.82) is 0 Å². The summed E-state index contributed by atoms with van der Waals surface area (Å²) in [6.45, 7) is 1.62. The minimum Gasteiger partial charge on any atom is -0.352 e. The molecular weight excluding hydrogens is 311 g/mol. The lowest BCUT2D eigenvalue weighted by molar-refractivity contribution is 0.425. The first kappa shape index (κ1) is 15.8. The Kier molecular flexibility index (Phi) is 5.55. The first-order valence-electron chi connectivity index (χ1n) is 6.34. The van der Waals surface area contributed by atoms with E-state index in [4.69, 9.17) is 23.2 Å². The summed E-state index contributed by atoms with van der Waals surface area (Å²) in [5.41, 5.74) is 0.743. The van der Waals surface area contributed by atoms with Crippen LogP contribution in [0.2, 0.25) is 10.0 Å². The zero-order chi connectivity index (χ0) is 15.2. The van der Waals surface area contributed by atoms with Gasteiger partial charge in [-0.05, 0) is 32.3 Å². The molecule has 0 aliphatic rings. The fourth-order valence-electron chi connectivity index (χ4n) is 1.60. The second kappa shape index (κ2) is 7.40. The number of rotatable bonds is 6. The minimum absolute atomic E-state index is 0.468. The zero-order valence-corrected chi connectivity index (χ0v) is 13.3. The Morgan fingerprint density at radius 1 is 1.14 bits per heavy atom. The summed E-state index contributed by atoms with van der Waals surface area (Å²) in [7, 11) is 4.00. The molecule has 0 amide bonds.